The highest BCUT2D eigenvalue weighted by Crippen LogP contribution is 2.23. The second kappa shape index (κ2) is 4.56. The van der Waals surface area contributed by atoms with Crippen molar-refractivity contribution in [2.24, 2.45) is 5.41 Å². The van der Waals surface area contributed by atoms with E-state index < -0.39 is 0 Å². The molecule has 1 fully saturated rings. The average Bonchev–Trinajstić information content (AvgIpc) is 2.64. The standard InChI is InChI=1S/C12H18N2O3/c1-12(2,3)6-10-13-11(17-14-10)8-7-16-5-4-9(8)15/h8H,4-7H2,1-3H3. The molecule has 1 atom stereocenters. The smallest absolute Gasteiger partial charge is 0.239 e. The Hall–Kier alpha value is -1.23. The Bertz CT molecular complexity index is 406. The molecule has 1 aromatic rings. The Labute approximate surface area is 101 Å². The third-order valence-electron chi connectivity index (χ3n) is 2.64. The summed E-state index contributed by atoms with van der Waals surface area (Å²) in [5.41, 5.74) is 0.105. The van der Waals surface area contributed by atoms with Gasteiger partial charge < -0.3 is 9.26 Å². The normalized spacial score (nSPS) is 21.8. The summed E-state index contributed by atoms with van der Waals surface area (Å²) in [4.78, 5) is 16.0. The number of carbonyl (C=O) groups is 1. The summed E-state index contributed by atoms with van der Waals surface area (Å²) in [5.74, 6) is 0.812. The molecule has 5 nitrogen and oxygen atoms in total. The van der Waals surface area contributed by atoms with Crippen LogP contribution in [-0.4, -0.2) is 29.1 Å². The van der Waals surface area contributed by atoms with E-state index in [1.54, 1.807) is 0 Å². The Morgan fingerprint density at radius 1 is 1.41 bits per heavy atom. The zero-order chi connectivity index (χ0) is 12.5. The van der Waals surface area contributed by atoms with E-state index in [0.29, 0.717) is 31.3 Å². The lowest BCUT2D eigenvalue weighted by atomic mass is 9.92. The minimum Gasteiger partial charge on any atom is -0.380 e. The molecule has 0 bridgehead atoms. The van der Waals surface area contributed by atoms with Crippen LogP contribution in [0.5, 0.6) is 0 Å². The van der Waals surface area contributed by atoms with Gasteiger partial charge in [-0.25, -0.2) is 0 Å². The summed E-state index contributed by atoms with van der Waals surface area (Å²) >= 11 is 0. The van der Waals surface area contributed by atoms with Crippen LogP contribution in [0.2, 0.25) is 0 Å². The second-order valence-corrected chi connectivity index (χ2v) is 5.63. The van der Waals surface area contributed by atoms with Crippen LogP contribution in [0.4, 0.5) is 0 Å². The van der Waals surface area contributed by atoms with Crippen molar-refractivity contribution in [3.05, 3.63) is 11.7 Å². The van der Waals surface area contributed by atoms with Gasteiger partial charge in [-0.2, -0.15) is 4.98 Å². The summed E-state index contributed by atoms with van der Waals surface area (Å²) in [7, 11) is 0. The lowest BCUT2D eigenvalue weighted by Crippen LogP contribution is -2.25. The molecule has 94 valence electrons. The first kappa shape index (κ1) is 12.2. The van der Waals surface area contributed by atoms with Crippen molar-refractivity contribution in [3.8, 4) is 0 Å². The largest absolute Gasteiger partial charge is 0.380 e. The predicted octanol–water partition coefficient (Wildman–Crippen LogP) is 1.73. The molecule has 0 aliphatic carbocycles. The van der Waals surface area contributed by atoms with Gasteiger partial charge in [0.2, 0.25) is 5.89 Å². The van der Waals surface area contributed by atoms with Gasteiger partial charge in [0.15, 0.2) is 5.82 Å². The van der Waals surface area contributed by atoms with Crippen molar-refractivity contribution >= 4 is 5.78 Å². The summed E-state index contributed by atoms with van der Waals surface area (Å²) in [6, 6.07) is 0. The third-order valence-corrected chi connectivity index (χ3v) is 2.64. The molecule has 2 heterocycles. The molecule has 1 saturated heterocycles. The number of Topliss-reactive ketones (excluding diaryl/α,β-unsaturated/α-hetero) is 1. The van der Waals surface area contributed by atoms with Gasteiger partial charge in [-0.05, 0) is 5.41 Å². The predicted molar refractivity (Wildman–Crippen MR) is 60.6 cm³/mol. The van der Waals surface area contributed by atoms with Gasteiger partial charge in [0.1, 0.15) is 11.7 Å². The highest BCUT2D eigenvalue weighted by atomic mass is 16.5. The summed E-state index contributed by atoms with van der Waals surface area (Å²) in [6.45, 7) is 7.18. The molecular formula is C12H18N2O3. The molecule has 0 N–H and O–H groups in total. The van der Waals surface area contributed by atoms with Crippen LogP contribution in [0.15, 0.2) is 4.52 Å². The minimum absolute atomic E-state index is 0.105. The number of carbonyl (C=O) groups excluding carboxylic acids is 1. The fourth-order valence-electron chi connectivity index (χ4n) is 1.81. The maximum atomic E-state index is 11.7. The molecule has 17 heavy (non-hydrogen) atoms. The van der Waals surface area contributed by atoms with Crippen LogP contribution in [0.1, 0.15) is 44.8 Å². The monoisotopic (exact) mass is 238 g/mol. The van der Waals surface area contributed by atoms with E-state index in [1.165, 1.54) is 0 Å². The van der Waals surface area contributed by atoms with Crippen LogP contribution in [-0.2, 0) is 16.0 Å². The maximum absolute atomic E-state index is 11.7. The van der Waals surface area contributed by atoms with E-state index in [-0.39, 0.29) is 17.1 Å². The van der Waals surface area contributed by atoms with E-state index in [0.717, 1.165) is 6.42 Å². The van der Waals surface area contributed by atoms with Gasteiger partial charge in [-0.3, -0.25) is 4.79 Å². The first-order chi connectivity index (χ1) is 7.96. The Kier molecular flexibility index (Phi) is 3.28. The van der Waals surface area contributed by atoms with Gasteiger partial charge in [-0.15, -0.1) is 0 Å². The lowest BCUT2D eigenvalue weighted by molar-refractivity contribution is -0.127. The summed E-state index contributed by atoms with van der Waals surface area (Å²) < 4.78 is 10.4. The summed E-state index contributed by atoms with van der Waals surface area (Å²) in [5, 5.41) is 3.92. The first-order valence-corrected chi connectivity index (χ1v) is 5.89. The highest BCUT2D eigenvalue weighted by molar-refractivity contribution is 5.85. The third kappa shape index (κ3) is 3.12. The van der Waals surface area contributed by atoms with Crippen LogP contribution in [0.25, 0.3) is 0 Å². The topological polar surface area (TPSA) is 65.2 Å². The molecule has 1 aliphatic heterocycles. The lowest BCUT2D eigenvalue weighted by Gasteiger charge is -2.17. The van der Waals surface area contributed by atoms with E-state index >= 15 is 0 Å². The Morgan fingerprint density at radius 2 is 2.18 bits per heavy atom. The number of ketones is 1. The van der Waals surface area contributed by atoms with Crippen molar-refractivity contribution in [2.75, 3.05) is 13.2 Å². The van der Waals surface area contributed by atoms with Gasteiger partial charge in [0, 0.05) is 12.8 Å². The molecule has 1 aliphatic rings. The molecule has 1 unspecified atom stereocenters. The number of aromatic nitrogens is 2. The van der Waals surface area contributed by atoms with Gasteiger partial charge >= 0.3 is 0 Å². The first-order valence-electron chi connectivity index (χ1n) is 5.89. The summed E-state index contributed by atoms with van der Waals surface area (Å²) in [6.07, 6.45) is 1.17. The van der Waals surface area contributed by atoms with Crippen LogP contribution in [0, 0.1) is 5.41 Å². The Morgan fingerprint density at radius 3 is 2.82 bits per heavy atom. The van der Waals surface area contributed by atoms with Crippen molar-refractivity contribution < 1.29 is 14.1 Å². The van der Waals surface area contributed by atoms with Gasteiger partial charge in [0.05, 0.1) is 13.2 Å². The number of nitrogens with zero attached hydrogens (tertiary/aromatic N) is 2. The molecular weight excluding hydrogens is 220 g/mol. The molecule has 0 aromatic carbocycles. The van der Waals surface area contributed by atoms with E-state index in [1.807, 2.05) is 0 Å². The second-order valence-electron chi connectivity index (χ2n) is 5.63. The molecule has 2 rings (SSSR count). The fraction of sp³-hybridized carbons (Fsp3) is 0.750. The Balaban J connectivity index is 2.09. The van der Waals surface area contributed by atoms with Crippen LogP contribution < -0.4 is 0 Å². The van der Waals surface area contributed by atoms with Crippen molar-refractivity contribution in [3.63, 3.8) is 0 Å². The molecule has 5 heteroatoms. The quantitative estimate of drug-likeness (QED) is 0.785. The van der Waals surface area contributed by atoms with Crippen molar-refractivity contribution in [1.82, 2.24) is 10.1 Å². The fourth-order valence-corrected chi connectivity index (χ4v) is 1.81. The molecule has 0 radical (unpaired) electrons. The SMILES string of the molecule is CC(C)(C)Cc1noc(C2COCCC2=O)n1. The zero-order valence-corrected chi connectivity index (χ0v) is 10.5. The van der Waals surface area contributed by atoms with Crippen LogP contribution in [0.3, 0.4) is 0 Å². The van der Waals surface area contributed by atoms with E-state index in [2.05, 4.69) is 30.9 Å². The molecule has 0 saturated carbocycles. The van der Waals surface area contributed by atoms with Crippen molar-refractivity contribution in [2.45, 2.75) is 39.5 Å². The van der Waals surface area contributed by atoms with E-state index in [9.17, 15) is 4.79 Å². The molecule has 0 spiro atoms. The number of hydrogen-bond donors (Lipinski definition) is 0. The van der Waals surface area contributed by atoms with Gasteiger partial charge in [0.25, 0.3) is 0 Å². The van der Waals surface area contributed by atoms with E-state index in [4.69, 9.17) is 9.26 Å². The minimum atomic E-state index is -0.370. The molecule has 1 aromatic heterocycles. The van der Waals surface area contributed by atoms with Crippen LogP contribution >= 0.6 is 0 Å². The number of ether oxygens (including phenoxy) is 1. The van der Waals surface area contributed by atoms with Crippen molar-refractivity contribution in [1.29, 1.82) is 0 Å². The van der Waals surface area contributed by atoms with Gasteiger partial charge in [-0.1, -0.05) is 25.9 Å². The zero-order valence-electron chi connectivity index (χ0n) is 10.5. The maximum Gasteiger partial charge on any atom is 0.239 e. The highest BCUT2D eigenvalue weighted by Gasteiger charge is 2.30. The number of hydrogen-bond acceptors (Lipinski definition) is 5. The number of rotatable bonds is 2. The molecule has 0 amide bonds. The average molecular weight is 238 g/mol.